The first-order valence-electron chi connectivity index (χ1n) is 6.50. The minimum atomic E-state index is -3.33. The molecule has 0 aliphatic carbocycles. The number of nitrogens with one attached hydrogen (secondary N) is 1. The normalized spacial score (nSPS) is 11.3. The molecule has 0 amide bonds. The first-order chi connectivity index (χ1) is 9.94. The lowest BCUT2D eigenvalue weighted by atomic mass is 10.2. The van der Waals surface area contributed by atoms with Crippen molar-refractivity contribution in [3.63, 3.8) is 0 Å². The van der Waals surface area contributed by atoms with E-state index in [1.807, 2.05) is 37.3 Å². The molecule has 0 aliphatic rings. The SMILES string of the molecule is Cc1ccc(NS(=O)(=O)CCSc2cccc(N)c2)cc1. The highest BCUT2D eigenvalue weighted by atomic mass is 32.2. The molecule has 0 fully saturated rings. The Balaban J connectivity index is 1.88. The van der Waals surface area contributed by atoms with Gasteiger partial charge < -0.3 is 5.73 Å². The summed E-state index contributed by atoms with van der Waals surface area (Å²) in [5.74, 6) is 0.533. The number of benzene rings is 2. The van der Waals surface area contributed by atoms with Gasteiger partial charge in [-0.25, -0.2) is 8.42 Å². The average Bonchev–Trinajstić information content (AvgIpc) is 2.41. The number of hydrogen-bond donors (Lipinski definition) is 2. The van der Waals surface area contributed by atoms with Gasteiger partial charge in [0.2, 0.25) is 10.0 Å². The van der Waals surface area contributed by atoms with E-state index in [1.165, 1.54) is 11.8 Å². The zero-order chi connectivity index (χ0) is 15.3. The molecular formula is C15H18N2O2S2. The predicted octanol–water partition coefficient (Wildman–Crippen LogP) is 3.11. The van der Waals surface area contributed by atoms with E-state index in [-0.39, 0.29) is 5.75 Å². The minimum absolute atomic E-state index is 0.0559. The second kappa shape index (κ2) is 6.87. The molecule has 0 unspecified atom stereocenters. The van der Waals surface area contributed by atoms with Crippen LogP contribution in [-0.2, 0) is 10.0 Å². The number of anilines is 2. The number of aryl methyl sites for hydroxylation is 1. The number of hydrogen-bond acceptors (Lipinski definition) is 4. The fourth-order valence-electron chi connectivity index (χ4n) is 1.73. The second-order valence-corrected chi connectivity index (χ2v) is 7.72. The standard InChI is InChI=1S/C15H18N2O2S2/c1-12-5-7-14(8-6-12)17-21(18,19)10-9-20-15-4-2-3-13(16)11-15/h2-8,11,17H,9-10,16H2,1H3. The molecule has 0 aliphatic heterocycles. The fourth-order valence-corrected chi connectivity index (χ4v) is 4.16. The lowest BCUT2D eigenvalue weighted by Crippen LogP contribution is -2.18. The Morgan fingerprint density at radius 1 is 1.14 bits per heavy atom. The minimum Gasteiger partial charge on any atom is -0.399 e. The molecule has 0 saturated carbocycles. The largest absolute Gasteiger partial charge is 0.399 e. The van der Waals surface area contributed by atoms with Gasteiger partial charge in [0.15, 0.2) is 0 Å². The van der Waals surface area contributed by atoms with Crippen LogP contribution >= 0.6 is 11.8 Å². The third-order valence-electron chi connectivity index (χ3n) is 2.80. The number of nitrogen functional groups attached to an aromatic ring is 1. The molecule has 2 rings (SSSR count). The van der Waals surface area contributed by atoms with Gasteiger partial charge in [-0.1, -0.05) is 23.8 Å². The Hall–Kier alpha value is -1.66. The summed E-state index contributed by atoms with van der Waals surface area (Å²) in [6.07, 6.45) is 0. The van der Waals surface area contributed by atoms with E-state index in [9.17, 15) is 8.42 Å². The molecule has 0 bridgehead atoms. The van der Waals surface area contributed by atoms with E-state index < -0.39 is 10.0 Å². The predicted molar refractivity (Wildman–Crippen MR) is 90.2 cm³/mol. The molecular weight excluding hydrogens is 304 g/mol. The van der Waals surface area contributed by atoms with Gasteiger partial charge in [0.05, 0.1) is 5.75 Å². The van der Waals surface area contributed by atoms with Crippen LogP contribution < -0.4 is 10.5 Å². The fraction of sp³-hybridized carbons (Fsp3) is 0.200. The highest BCUT2D eigenvalue weighted by Crippen LogP contribution is 2.20. The highest BCUT2D eigenvalue weighted by Gasteiger charge is 2.10. The zero-order valence-electron chi connectivity index (χ0n) is 11.7. The van der Waals surface area contributed by atoms with Gasteiger partial charge in [-0.3, -0.25) is 4.72 Å². The van der Waals surface area contributed by atoms with Crippen LogP contribution in [0.3, 0.4) is 0 Å². The summed E-state index contributed by atoms with van der Waals surface area (Å²) in [7, 11) is -3.33. The Kier molecular flexibility index (Phi) is 5.14. The zero-order valence-corrected chi connectivity index (χ0v) is 13.4. The Morgan fingerprint density at radius 3 is 2.52 bits per heavy atom. The van der Waals surface area contributed by atoms with Crippen molar-refractivity contribution in [2.24, 2.45) is 0 Å². The molecule has 21 heavy (non-hydrogen) atoms. The van der Waals surface area contributed by atoms with Crippen LogP contribution in [0.4, 0.5) is 11.4 Å². The van der Waals surface area contributed by atoms with Crippen LogP contribution in [0.1, 0.15) is 5.56 Å². The number of nitrogens with two attached hydrogens (primary N) is 1. The smallest absolute Gasteiger partial charge is 0.233 e. The molecule has 6 heteroatoms. The summed E-state index contributed by atoms with van der Waals surface area (Å²) in [5.41, 5.74) is 8.05. The highest BCUT2D eigenvalue weighted by molar-refractivity contribution is 8.01. The van der Waals surface area contributed by atoms with Gasteiger partial charge in [0.25, 0.3) is 0 Å². The molecule has 3 N–H and O–H groups in total. The van der Waals surface area contributed by atoms with Gasteiger partial charge in [-0.15, -0.1) is 11.8 Å². The Labute approximate surface area is 129 Å². The molecule has 4 nitrogen and oxygen atoms in total. The van der Waals surface area contributed by atoms with Gasteiger partial charge in [-0.2, -0.15) is 0 Å². The maximum Gasteiger partial charge on any atom is 0.233 e. The molecule has 0 spiro atoms. The number of sulfonamides is 1. The lowest BCUT2D eigenvalue weighted by molar-refractivity contribution is 0.602. The Bertz CT molecular complexity index is 698. The van der Waals surface area contributed by atoms with Crippen LogP contribution in [0.5, 0.6) is 0 Å². The van der Waals surface area contributed by atoms with Crippen LogP contribution in [0.15, 0.2) is 53.4 Å². The average molecular weight is 322 g/mol. The lowest BCUT2D eigenvalue weighted by Gasteiger charge is -2.08. The Morgan fingerprint density at radius 2 is 1.86 bits per heavy atom. The van der Waals surface area contributed by atoms with E-state index in [0.29, 0.717) is 17.1 Å². The first-order valence-corrected chi connectivity index (χ1v) is 9.14. The van der Waals surface area contributed by atoms with E-state index in [2.05, 4.69) is 4.72 Å². The van der Waals surface area contributed by atoms with Crippen molar-refractivity contribution in [1.82, 2.24) is 0 Å². The molecule has 0 aromatic heterocycles. The third-order valence-corrected chi connectivity index (χ3v) is 5.35. The molecule has 0 atom stereocenters. The third kappa shape index (κ3) is 5.32. The van der Waals surface area contributed by atoms with Gasteiger partial charge in [-0.05, 0) is 37.3 Å². The van der Waals surface area contributed by atoms with Gasteiger partial charge in [0, 0.05) is 22.0 Å². The quantitative estimate of drug-likeness (QED) is 0.633. The van der Waals surface area contributed by atoms with Crippen molar-refractivity contribution < 1.29 is 8.42 Å². The van der Waals surface area contributed by atoms with Gasteiger partial charge >= 0.3 is 0 Å². The summed E-state index contributed by atoms with van der Waals surface area (Å²) in [4.78, 5) is 0.973. The van der Waals surface area contributed by atoms with Crippen LogP contribution in [0.2, 0.25) is 0 Å². The van der Waals surface area contributed by atoms with Crippen molar-refractivity contribution >= 4 is 33.2 Å². The van der Waals surface area contributed by atoms with Crippen molar-refractivity contribution in [1.29, 1.82) is 0 Å². The molecule has 0 heterocycles. The summed E-state index contributed by atoms with van der Waals surface area (Å²) >= 11 is 1.48. The monoisotopic (exact) mass is 322 g/mol. The van der Waals surface area contributed by atoms with Crippen molar-refractivity contribution in [3.05, 3.63) is 54.1 Å². The maximum absolute atomic E-state index is 12.0. The summed E-state index contributed by atoms with van der Waals surface area (Å²) in [6.45, 7) is 1.96. The van der Waals surface area contributed by atoms with E-state index in [4.69, 9.17) is 5.73 Å². The summed E-state index contributed by atoms with van der Waals surface area (Å²) in [6, 6.07) is 14.7. The topological polar surface area (TPSA) is 72.2 Å². The number of thioether (sulfide) groups is 1. The van der Waals surface area contributed by atoms with Crippen molar-refractivity contribution in [3.8, 4) is 0 Å². The van der Waals surface area contributed by atoms with E-state index >= 15 is 0 Å². The molecule has 2 aromatic carbocycles. The van der Waals surface area contributed by atoms with Crippen LogP contribution in [0, 0.1) is 6.92 Å². The van der Waals surface area contributed by atoms with E-state index in [0.717, 1.165) is 10.5 Å². The molecule has 112 valence electrons. The van der Waals surface area contributed by atoms with Crippen LogP contribution in [0.25, 0.3) is 0 Å². The number of rotatable bonds is 6. The van der Waals surface area contributed by atoms with Gasteiger partial charge in [0.1, 0.15) is 0 Å². The summed E-state index contributed by atoms with van der Waals surface area (Å²) in [5, 5.41) is 0. The maximum atomic E-state index is 12.0. The molecule has 2 aromatic rings. The summed E-state index contributed by atoms with van der Waals surface area (Å²) < 4.78 is 26.6. The first kappa shape index (κ1) is 15.7. The van der Waals surface area contributed by atoms with Crippen LogP contribution in [-0.4, -0.2) is 19.9 Å². The second-order valence-electron chi connectivity index (χ2n) is 4.71. The van der Waals surface area contributed by atoms with Crippen molar-refractivity contribution in [2.45, 2.75) is 11.8 Å². The van der Waals surface area contributed by atoms with Crippen molar-refractivity contribution in [2.75, 3.05) is 22.0 Å². The molecule has 0 saturated heterocycles. The van der Waals surface area contributed by atoms with E-state index in [1.54, 1.807) is 18.2 Å². The molecule has 0 radical (unpaired) electrons.